The van der Waals surface area contributed by atoms with Gasteiger partial charge in [-0.1, -0.05) is 0 Å². The molecule has 2 rings (SSSR count). The molecule has 8 nitrogen and oxygen atoms in total. The molecule has 9 heteroatoms. The van der Waals surface area contributed by atoms with Crippen molar-refractivity contribution in [3.05, 3.63) is 6.33 Å². The van der Waals surface area contributed by atoms with Crippen molar-refractivity contribution < 1.29 is 14.7 Å². The minimum Gasteiger partial charge on any atom is -0.480 e. The highest BCUT2D eigenvalue weighted by Crippen LogP contribution is 2.21. The first-order valence-electron chi connectivity index (χ1n) is 4.81. The monoisotopic (exact) mass is 257 g/mol. The molecule has 92 valence electrons. The first-order chi connectivity index (χ1) is 8.09. The summed E-state index contributed by atoms with van der Waals surface area (Å²) in [4.78, 5) is 27.9. The van der Waals surface area contributed by atoms with Gasteiger partial charge in [0.05, 0.1) is 5.88 Å². The standard InChI is InChI=1S/C8H11N5O3S/c1-12-7(9-3-10-12)11-8(16)13-4-17-2-5(13)6(14)15/h3,5H,2,4H2,1H3,(H,14,15)(H,9,10,11,16)/t5-/m0/s1. The number of anilines is 1. The molecule has 17 heavy (non-hydrogen) atoms. The van der Waals surface area contributed by atoms with Gasteiger partial charge in [-0.15, -0.1) is 11.8 Å². The molecule has 1 saturated heterocycles. The van der Waals surface area contributed by atoms with E-state index in [0.29, 0.717) is 11.6 Å². The zero-order valence-corrected chi connectivity index (χ0v) is 9.85. The number of hydrogen-bond acceptors (Lipinski definition) is 5. The number of urea groups is 1. The molecule has 1 aromatic heterocycles. The van der Waals surface area contributed by atoms with Gasteiger partial charge in [-0.05, 0) is 0 Å². The third-order valence-electron chi connectivity index (χ3n) is 2.36. The Morgan fingerprint density at radius 2 is 2.41 bits per heavy atom. The summed E-state index contributed by atoms with van der Waals surface area (Å²) in [6, 6.07) is -1.26. The highest BCUT2D eigenvalue weighted by Gasteiger charge is 2.34. The number of carboxylic acids is 1. The van der Waals surface area contributed by atoms with E-state index in [4.69, 9.17) is 5.11 Å². The van der Waals surface area contributed by atoms with E-state index in [1.165, 1.54) is 27.7 Å². The molecule has 0 saturated carbocycles. The molecule has 2 N–H and O–H groups in total. The molecule has 1 aliphatic rings. The van der Waals surface area contributed by atoms with E-state index in [9.17, 15) is 9.59 Å². The maximum Gasteiger partial charge on any atom is 0.327 e. The Hall–Kier alpha value is -1.77. The fourth-order valence-corrected chi connectivity index (χ4v) is 2.57. The number of thioether (sulfide) groups is 1. The summed E-state index contributed by atoms with van der Waals surface area (Å²) < 4.78 is 1.40. The Bertz CT molecular complexity index is 448. The lowest BCUT2D eigenvalue weighted by molar-refractivity contribution is -0.140. The lowest BCUT2D eigenvalue weighted by Crippen LogP contribution is -2.44. The van der Waals surface area contributed by atoms with Crippen LogP contribution in [0.4, 0.5) is 10.7 Å². The van der Waals surface area contributed by atoms with Crippen LogP contribution >= 0.6 is 11.8 Å². The molecule has 1 aromatic rings. The zero-order valence-electron chi connectivity index (χ0n) is 9.03. The third-order valence-corrected chi connectivity index (χ3v) is 3.37. The maximum atomic E-state index is 11.8. The van der Waals surface area contributed by atoms with Crippen molar-refractivity contribution in [2.45, 2.75) is 6.04 Å². The summed E-state index contributed by atoms with van der Waals surface area (Å²) in [5, 5.41) is 15.3. The fraction of sp³-hybridized carbons (Fsp3) is 0.500. The van der Waals surface area contributed by atoms with Crippen LogP contribution in [0.3, 0.4) is 0 Å². The van der Waals surface area contributed by atoms with Crippen molar-refractivity contribution in [2.75, 3.05) is 16.9 Å². The van der Waals surface area contributed by atoms with Crippen LogP contribution in [-0.2, 0) is 11.8 Å². The van der Waals surface area contributed by atoms with Gasteiger partial charge in [-0.25, -0.2) is 14.3 Å². The van der Waals surface area contributed by atoms with Gasteiger partial charge in [-0.3, -0.25) is 5.32 Å². The second kappa shape index (κ2) is 4.62. The van der Waals surface area contributed by atoms with Crippen molar-refractivity contribution >= 4 is 29.7 Å². The van der Waals surface area contributed by atoms with Gasteiger partial charge in [0, 0.05) is 12.8 Å². The van der Waals surface area contributed by atoms with Gasteiger partial charge < -0.3 is 10.0 Å². The molecule has 1 atom stereocenters. The summed E-state index contributed by atoms with van der Waals surface area (Å²) in [5.74, 6) is 0.0570. The number of aryl methyl sites for hydroxylation is 1. The minimum absolute atomic E-state index is 0.288. The van der Waals surface area contributed by atoms with Crippen LogP contribution in [0.25, 0.3) is 0 Å². The van der Waals surface area contributed by atoms with Crippen LogP contribution in [0.1, 0.15) is 0 Å². The number of carbonyl (C=O) groups excluding carboxylic acids is 1. The van der Waals surface area contributed by atoms with E-state index in [2.05, 4.69) is 15.4 Å². The number of aliphatic carboxylic acids is 1. The van der Waals surface area contributed by atoms with Crippen LogP contribution in [0.15, 0.2) is 6.33 Å². The Morgan fingerprint density at radius 3 is 3.00 bits per heavy atom. The number of carboxylic acid groups (broad SMARTS) is 1. The number of carbonyl (C=O) groups is 2. The van der Waals surface area contributed by atoms with E-state index in [1.54, 1.807) is 7.05 Å². The summed E-state index contributed by atoms with van der Waals surface area (Å²) in [5.41, 5.74) is 0. The predicted molar refractivity (Wildman–Crippen MR) is 60.6 cm³/mol. The molecular formula is C8H11N5O3S. The van der Waals surface area contributed by atoms with Crippen molar-refractivity contribution in [3.8, 4) is 0 Å². The summed E-state index contributed by atoms with van der Waals surface area (Å²) in [7, 11) is 1.63. The van der Waals surface area contributed by atoms with E-state index in [0.717, 1.165) is 0 Å². The van der Waals surface area contributed by atoms with Gasteiger partial charge in [0.2, 0.25) is 5.95 Å². The van der Waals surface area contributed by atoms with E-state index < -0.39 is 18.0 Å². The molecule has 0 aromatic carbocycles. The number of nitrogens with one attached hydrogen (secondary N) is 1. The Kier molecular flexibility index (Phi) is 3.18. The molecule has 0 aliphatic carbocycles. The van der Waals surface area contributed by atoms with Crippen molar-refractivity contribution in [1.29, 1.82) is 0 Å². The molecule has 0 radical (unpaired) electrons. The van der Waals surface area contributed by atoms with Gasteiger partial charge in [0.1, 0.15) is 12.4 Å². The van der Waals surface area contributed by atoms with Crippen molar-refractivity contribution in [3.63, 3.8) is 0 Å². The molecular weight excluding hydrogens is 246 g/mol. The first kappa shape index (κ1) is 11.7. The lowest BCUT2D eigenvalue weighted by atomic mass is 10.3. The summed E-state index contributed by atoms with van der Waals surface area (Å²) >= 11 is 1.41. The molecule has 1 fully saturated rings. The molecule has 0 bridgehead atoms. The average molecular weight is 257 g/mol. The second-order valence-electron chi connectivity index (χ2n) is 3.46. The smallest absolute Gasteiger partial charge is 0.327 e. The van der Waals surface area contributed by atoms with E-state index in [1.807, 2.05) is 0 Å². The summed E-state index contributed by atoms with van der Waals surface area (Å²) in [6.45, 7) is 0. The van der Waals surface area contributed by atoms with Gasteiger partial charge in [0.25, 0.3) is 0 Å². The highest BCUT2D eigenvalue weighted by atomic mass is 32.2. The highest BCUT2D eigenvalue weighted by molar-refractivity contribution is 7.99. The van der Waals surface area contributed by atoms with Gasteiger partial charge in [0.15, 0.2) is 0 Å². The van der Waals surface area contributed by atoms with Crippen LogP contribution < -0.4 is 5.32 Å². The SMILES string of the molecule is Cn1ncnc1NC(=O)N1CSC[C@H]1C(=O)O. The van der Waals surface area contributed by atoms with Crippen LogP contribution in [0.2, 0.25) is 0 Å². The van der Waals surface area contributed by atoms with Crippen LogP contribution in [-0.4, -0.2) is 54.4 Å². The second-order valence-corrected chi connectivity index (χ2v) is 4.46. The number of aromatic nitrogens is 3. The van der Waals surface area contributed by atoms with Crippen LogP contribution in [0, 0.1) is 0 Å². The fourth-order valence-electron chi connectivity index (χ4n) is 1.42. The lowest BCUT2D eigenvalue weighted by Gasteiger charge is -2.20. The van der Waals surface area contributed by atoms with Crippen molar-refractivity contribution in [2.24, 2.45) is 7.05 Å². The minimum atomic E-state index is -0.997. The number of rotatable bonds is 2. The van der Waals surface area contributed by atoms with E-state index in [-0.39, 0.29) is 5.95 Å². The van der Waals surface area contributed by atoms with E-state index >= 15 is 0 Å². The van der Waals surface area contributed by atoms with Gasteiger partial charge >= 0.3 is 12.0 Å². The zero-order chi connectivity index (χ0) is 12.4. The maximum absolute atomic E-state index is 11.8. The number of nitrogens with zero attached hydrogens (tertiary/aromatic N) is 4. The molecule has 2 heterocycles. The van der Waals surface area contributed by atoms with Crippen LogP contribution in [0.5, 0.6) is 0 Å². The average Bonchev–Trinajstić information content (AvgIpc) is 2.87. The molecule has 0 spiro atoms. The predicted octanol–water partition coefficient (Wildman–Crippen LogP) is -0.194. The first-order valence-corrected chi connectivity index (χ1v) is 5.97. The van der Waals surface area contributed by atoms with Gasteiger partial charge in [-0.2, -0.15) is 10.1 Å². The largest absolute Gasteiger partial charge is 0.480 e. The number of hydrogen-bond donors (Lipinski definition) is 2. The Balaban J connectivity index is 2.05. The quantitative estimate of drug-likeness (QED) is 0.761. The van der Waals surface area contributed by atoms with Crippen molar-refractivity contribution in [1.82, 2.24) is 19.7 Å². The normalized spacial score (nSPS) is 19.4. The molecule has 1 aliphatic heterocycles. The summed E-state index contributed by atoms with van der Waals surface area (Å²) in [6.07, 6.45) is 1.31. The Labute approximate surface area is 101 Å². The third kappa shape index (κ3) is 2.33. The number of amides is 2. The molecule has 0 unspecified atom stereocenters. The Morgan fingerprint density at radius 1 is 1.65 bits per heavy atom. The topological polar surface area (TPSA) is 100 Å². The molecule has 2 amide bonds.